The van der Waals surface area contributed by atoms with Crippen molar-refractivity contribution in [3.05, 3.63) is 35.4 Å². The van der Waals surface area contributed by atoms with Gasteiger partial charge in [0, 0.05) is 12.6 Å². The summed E-state index contributed by atoms with van der Waals surface area (Å²) in [6, 6.07) is 3.70. The highest BCUT2D eigenvalue weighted by Crippen LogP contribution is 2.09. The van der Waals surface area contributed by atoms with Gasteiger partial charge in [-0.2, -0.15) is 0 Å². The Kier molecular flexibility index (Phi) is 3.37. The van der Waals surface area contributed by atoms with E-state index in [0.29, 0.717) is 12.0 Å². The summed E-state index contributed by atoms with van der Waals surface area (Å²) in [5, 5.41) is 0. The molecular weight excluding hydrogens is 172 g/mol. The summed E-state index contributed by atoms with van der Waals surface area (Å²) in [5.74, 6) is -0.979. The first-order valence-electron chi connectivity index (χ1n) is 4.18. The molecule has 0 fully saturated rings. The topological polar surface area (TPSA) is 3.24 Å². The summed E-state index contributed by atoms with van der Waals surface area (Å²) in [6.45, 7) is 0.766. The maximum Gasteiger partial charge on any atom is 0.129 e. The Labute approximate surface area is 77.0 Å². The van der Waals surface area contributed by atoms with Crippen molar-refractivity contribution in [1.29, 1.82) is 0 Å². The maximum absolute atomic E-state index is 13.0. The third-order valence-electron chi connectivity index (χ3n) is 1.84. The van der Waals surface area contributed by atoms with Crippen molar-refractivity contribution in [2.24, 2.45) is 0 Å². The minimum Gasteiger partial charge on any atom is -0.309 e. The van der Waals surface area contributed by atoms with Crippen LogP contribution >= 0.6 is 0 Å². The molecular formula is C10H13F2N. The summed E-state index contributed by atoms with van der Waals surface area (Å²) in [7, 11) is 3.84. The zero-order valence-corrected chi connectivity index (χ0v) is 7.85. The molecule has 0 aliphatic heterocycles. The number of rotatable bonds is 3. The second kappa shape index (κ2) is 4.33. The van der Waals surface area contributed by atoms with Gasteiger partial charge in [0.25, 0.3) is 0 Å². The number of likely N-dealkylation sites (N-methyl/N-ethyl adjacent to an activating group) is 1. The molecule has 3 heteroatoms. The molecule has 0 saturated heterocycles. The lowest BCUT2D eigenvalue weighted by atomic mass is 10.1. The van der Waals surface area contributed by atoms with E-state index in [-0.39, 0.29) is 0 Å². The van der Waals surface area contributed by atoms with Crippen LogP contribution in [0.5, 0.6) is 0 Å². The Morgan fingerprint density at radius 2 is 1.92 bits per heavy atom. The Balaban J connectivity index is 2.67. The molecule has 0 atom stereocenters. The molecule has 0 saturated carbocycles. The highest BCUT2D eigenvalue weighted by atomic mass is 19.1. The van der Waals surface area contributed by atoms with E-state index in [1.165, 1.54) is 12.1 Å². The highest BCUT2D eigenvalue weighted by Gasteiger charge is 2.03. The average molecular weight is 185 g/mol. The van der Waals surface area contributed by atoms with Crippen LogP contribution < -0.4 is 0 Å². The van der Waals surface area contributed by atoms with Crippen molar-refractivity contribution in [1.82, 2.24) is 4.90 Å². The van der Waals surface area contributed by atoms with Crippen LogP contribution in [0.2, 0.25) is 0 Å². The van der Waals surface area contributed by atoms with Gasteiger partial charge in [-0.25, -0.2) is 8.78 Å². The van der Waals surface area contributed by atoms with Crippen LogP contribution in [-0.2, 0) is 6.42 Å². The van der Waals surface area contributed by atoms with Gasteiger partial charge in [-0.15, -0.1) is 0 Å². The molecule has 0 heterocycles. The zero-order valence-electron chi connectivity index (χ0n) is 7.85. The summed E-state index contributed by atoms with van der Waals surface area (Å²) in [6.07, 6.45) is 0.610. The first-order chi connectivity index (χ1) is 6.09. The largest absolute Gasteiger partial charge is 0.309 e. The average Bonchev–Trinajstić information content (AvgIpc) is 2.02. The number of nitrogens with zero attached hydrogens (tertiary/aromatic N) is 1. The lowest BCUT2D eigenvalue weighted by molar-refractivity contribution is 0.409. The van der Waals surface area contributed by atoms with E-state index in [9.17, 15) is 8.78 Å². The maximum atomic E-state index is 13.0. The predicted molar refractivity (Wildman–Crippen MR) is 48.6 cm³/mol. The summed E-state index contributed by atoms with van der Waals surface area (Å²) in [4.78, 5) is 1.96. The third kappa shape index (κ3) is 3.11. The van der Waals surface area contributed by atoms with E-state index in [4.69, 9.17) is 0 Å². The molecule has 1 aromatic rings. The Hall–Kier alpha value is -0.960. The SMILES string of the molecule is CN(C)CCc1ccc(F)cc1F. The fraction of sp³-hybridized carbons (Fsp3) is 0.400. The van der Waals surface area contributed by atoms with Crippen molar-refractivity contribution in [2.45, 2.75) is 6.42 Å². The van der Waals surface area contributed by atoms with Crippen LogP contribution in [0, 0.1) is 11.6 Å². The molecule has 72 valence electrons. The minimum atomic E-state index is -0.522. The van der Waals surface area contributed by atoms with E-state index in [1.54, 1.807) is 0 Å². The Bertz CT molecular complexity index is 284. The zero-order chi connectivity index (χ0) is 9.84. The molecule has 1 rings (SSSR count). The van der Waals surface area contributed by atoms with Gasteiger partial charge < -0.3 is 4.90 Å². The van der Waals surface area contributed by atoms with Gasteiger partial charge >= 0.3 is 0 Å². The van der Waals surface area contributed by atoms with Crippen molar-refractivity contribution in [3.8, 4) is 0 Å². The van der Waals surface area contributed by atoms with Gasteiger partial charge in [-0.1, -0.05) is 6.07 Å². The minimum absolute atomic E-state index is 0.457. The van der Waals surface area contributed by atoms with Crippen molar-refractivity contribution in [2.75, 3.05) is 20.6 Å². The fourth-order valence-corrected chi connectivity index (χ4v) is 1.07. The van der Waals surface area contributed by atoms with Gasteiger partial charge in [0.05, 0.1) is 0 Å². The van der Waals surface area contributed by atoms with Gasteiger partial charge in [-0.3, -0.25) is 0 Å². The normalized spacial score (nSPS) is 10.8. The molecule has 1 nitrogen and oxygen atoms in total. The predicted octanol–water partition coefficient (Wildman–Crippen LogP) is 2.07. The molecule has 0 radical (unpaired) electrons. The van der Waals surface area contributed by atoms with E-state index in [2.05, 4.69) is 0 Å². The monoisotopic (exact) mass is 185 g/mol. The quantitative estimate of drug-likeness (QED) is 0.696. The van der Waals surface area contributed by atoms with E-state index in [1.807, 2.05) is 19.0 Å². The molecule has 0 aromatic heterocycles. The van der Waals surface area contributed by atoms with E-state index < -0.39 is 11.6 Å². The summed E-state index contributed by atoms with van der Waals surface area (Å²) in [5.41, 5.74) is 0.565. The van der Waals surface area contributed by atoms with Crippen LogP contribution in [0.3, 0.4) is 0 Å². The summed E-state index contributed by atoms with van der Waals surface area (Å²) < 4.78 is 25.5. The standard InChI is InChI=1S/C10H13F2N/c1-13(2)6-5-8-3-4-9(11)7-10(8)12/h3-4,7H,5-6H2,1-2H3. The second-order valence-electron chi connectivity index (χ2n) is 3.29. The van der Waals surface area contributed by atoms with Crippen molar-refractivity contribution < 1.29 is 8.78 Å². The molecule has 0 N–H and O–H groups in total. The number of hydrogen-bond acceptors (Lipinski definition) is 1. The van der Waals surface area contributed by atoms with E-state index >= 15 is 0 Å². The van der Waals surface area contributed by atoms with Gasteiger partial charge in [0.1, 0.15) is 11.6 Å². The first kappa shape index (κ1) is 10.1. The van der Waals surface area contributed by atoms with Crippen LogP contribution in [0.25, 0.3) is 0 Å². The van der Waals surface area contributed by atoms with Crippen LogP contribution in [0.4, 0.5) is 8.78 Å². The lowest BCUT2D eigenvalue weighted by Gasteiger charge is -2.09. The lowest BCUT2D eigenvalue weighted by Crippen LogP contribution is -2.15. The molecule has 0 spiro atoms. The van der Waals surface area contributed by atoms with Crippen molar-refractivity contribution >= 4 is 0 Å². The second-order valence-corrected chi connectivity index (χ2v) is 3.29. The van der Waals surface area contributed by atoms with Crippen molar-refractivity contribution in [3.63, 3.8) is 0 Å². The smallest absolute Gasteiger partial charge is 0.129 e. The van der Waals surface area contributed by atoms with Crippen LogP contribution in [0.15, 0.2) is 18.2 Å². The first-order valence-corrected chi connectivity index (χ1v) is 4.18. The molecule has 0 aliphatic rings. The molecule has 1 aromatic carbocycles. The molecule has 0 aliphatic carbocycles. The van der Waals surface area contributed by atoms with Crippen LogP contribution in [0.1, 0.15) is 5.56 Å². The molecule has 0 amide bonds. The summed E-state index contributed by atoms with van der Waals surface area (Å²) >= 11 is 0. The molecule has 0 bridgehead atoms. The van der Waals surface area contributed by atoms with Crippen LogP contribution in [-0.4, -0.2) is 25.5 Å². The molecule has 13 heavy (non-hydrogen) atoms. The number of halogens is 2. The van der Waals surface area contributed by atoms with Gasteiger partial charge in [0.15, 0.2) is 0 Å². The van der Waals surface area contributed by atoms with Gasteiger partial charge in [-0.05, 0) is 32.1 Å². The third-order valence-corrected chi connectivity index (χ3v) is 1.84. The Morgan fingerprint density at radius 3 is 2.46 bits per heavy atom. The number of hydrogen-bond donors (Lipinski definition) is 0. The van der Waals surface area contributed by atoms with E-state index in [0.717, 1.165) is 12.6 Å². The Morgan fingerprint density at radius 1 is 1.23 bits per heavy atom. The number of benzene rings is 1. The molecule has 0 unspecified atom stereocenters. The fourth-order valence-electron chi connectivity index (χ4n) is 1.07. The van der Waals surface area contributed by atoms with Gasteiger partial charge in [0.2, 0.25) is 0 Å². The highest BCUT2D eigenvalue weighted by molar-refractivity contribution is 5.18.